The average molecular weight is 812 g/mol. The monoisotopic (exact) mass is 811 g/mol. The lowest BCUT2D eigenvalue weighted by molar-refractivity contribution is -0.137. The summed E-state index contributed by atoms with van der Waals surface area (Å²) in [5.41, 5.74) is 4.68. The predicted octanol–water partition coefficient (Wildman–Crippen LogP) is 3.98. The lowest BCUT2D eigenvalue weighted by Crippen LogP contribution is -2.49. The highest BCUT2D eigenvalue weighted by Crippen LogP contribution is 2.39. The van der Waals surface area contributed by atoms with Gasteiger partial charge in [0.05, 0.1) is 41.4 Å². The minimum atomic E-state index is -1.12. The number of piperidine rings is 1. The molecule has 4 atom stereocenters. The molecule has 60 heavy (non-hydrogen) atoms. The summed E-state index contributed by atoms with van der Waals surface area (Å²) in [7, 11) is 0. The Hall–Kier alpha value is -6.35. The lowest BCUT2D eigenvalue weighted by atomic mass is 9.82. The van der Waals surface area contributed by atoms with Gasteiger partial charge in [-0.3, -0.25) is 44.2 Å². The van der Waals surface area contributed by atoms with Crippen molar-refractivity contribution < 1.29 is 28.4 Å². The summed E-state index contributed by atoms with van der Waals surface area (Å²) in [5.74, 6) is -2.32. The van der Waals surface area contributed by atoms with E-state index in [2.05, 4.69) is 35.6 Å². The molecule has 0 radical (unpaired) electrons. The number of benzene rings is 2. The number of pyridine rings is 1. The molecule has 0 spiro atoms. The summed E-state index contributed by atoms with van der Waals surface area (Å²) in [6, 6.07) is 17.7. The van der Waals surface area contributed by atoms with Gasteiger partial charge in [0.2, 0.25) is 17.7 Å². The van der Waals surface area contributed by atoms with E-state index in [0.717, 1.165) is 53.6 Å². The van der Waals surface area contributed by atoms with E-state index in [1.165, 1.54) is 6.07 Å². The van der Waals surface area contributed by atoms with Gasteiger partial charge in [-0.25, -0.2) is 9.37 Å². The smallest absolute Gasteiger partial charge is 0.234 e. The van der Waals surface area contributed by atoms with E-state index < -0.39 is 29.4 Å². The molecule has 1 aliphatic carbocycles. The number of rotatable bonds is 11. The number of fused-ring (bicyclic) bond motifs is 2. The topological polar surface area (TPSA) is 169 Å². The first-order valence-electron chi connectivity index (χ1n) is 20.8. The van der Waals surface area contributed by atoms with Crippen LogP contribution in [0.1, 0.15) is 70.1 Å². The summed E-state index contributed by atoms with van der Waals surface area (Å²) >= 11 is 0. The van der Waals surface area contributed by atoms with Gasteiger partial charge in [0.15, 0.2) is 11.6 Å². The molecular weight excluding hydrogens is 766 g/mol. The van der Waals surface area contributed by atoms with Crippen LogP contribution in [0.25, 0.3) is 5.57 Å². The number of carbonyl (C=O) groups excluding carboxylic acids is 5. The van der Waals surface area contributed by atoms with Crippen LogP contribution in [-0.4, -0.2) is 114 Å². The van der Waals surface area contributed by atoms with Gasteiger partial charge in [0.1, 0.15) is 23.5 Å². The number of hydrogen-bond donors (Lipinski definition) is 3. The molecule has 3 amide bonds. The third kappa shape index (κ3) is 7.76. The molecule has 3 fully saturated rings. The third-order valence-corrected chi connectivity index (χ3v) is 12.3. The largest absolute Gasteiger partial charge is 0.384 e. The van der Waals surface area contributed by atoms with Crippen LogP contribution in [0.5, 0.6) is 0 Å². The molecule has 3 saturated heterocycles. The molecule has 2 aromatic carbocycles. The Morgan fingerprint density at radius 3 is 2.57 bits per heavy atom. The van der Waals surface area contributed by atoms with Crippen molar-refractivity contribution >= 4 is 57.9 Å². The molecule has 6 aliphatic rings. The van der Waals surface area contributed by atoms with Crippen LogP contribution in [0.4, 0.5) is 15.9 Å². The molecule has 3 N–H and O–H groups in total. The summed E-state index contributed by atoms with van der Waals surface area (Å²) in [4.78, 5) is 85.1. The minimum absolute atomic E-state index is 0.0700. The van der Waals surface area contributed by atoms with Crippen LogP contribution in [0, 0.1) is 17.7 Å². The van der Waals surface area contributed by atoms with Gasteiger partial charge in [-0.1, -0.05) is 30.3 Å². The fraction of sp³-hybridized carbons (Fsp3) is 0.378. The third-order valence-electron chi connectivity index (χ3n) is 12.3. The Morgan fingerprint density at radius 2 is 1.73 bits per heavy atom. The number of aromatic nitrogens is 1. The summed E-state index contributed by atoms with van der Waals surface area (Å²) < 4.78 is 14.1. The van der Waals surface area contributed by atoms with E-state index in [9.17, 15) is 28.4 Å². The van der Waals surface area contributed by atoms with E-state index in [4.69, 9.17) is 9.98 Å². The zero-order chi connectivity index (χ0) is 41.3. The van der Waals surface area contributed by atoms with Gasteiger partial charge >= 0.3 is 0 Å². The zero-order valence-electron chi connectivity index (χ0n) is 33.1. The molecule has 1 aromatic heterocycles. The van der Waals surface area contributed by atoms with Crippen molar-refractivity contribution in [3.05, 3.63) is 107 Å². The van der Waals surface area contributed by atoms with Crippen LogP contribution in [0.2, 0.25) is 0 Å². The normalized spacial score (nSPS) is 23.9. The highest BCUT2D eigenvalue weighted by Gasteiger charge is 2.48. The number of ketones is 2. The Balaban J connectivity index is 0.735. The first kappa shape index (κ1) is 39.1. The summed E-state index contributed by atoms with van der Waals surface area (Å²) in [5, 5.41) is 8.48. The van der Waals surface area contributed by atoms with Crippen LogP contribution in [0.15, 0.2) is 89.0 Å². The quantitative estimate of drug-likeness (QED) is 0.146. The van der Waals surface area contributed by atoms with Crippen molar-refractivity contribution in [3.8, 4) is 0 Å². The number of imide groups is 1. The number of dihydropyridines is 1. The SMILES string of the molecule is O=C(CN1CCN(c2cccc(C3=CN=C4C=CC(N5CCCC5c5cccc(F)c5)=NC34)n2)CC1)NCCCNc1cccc2c1C(=O)C(C1CCC(=O)NC1=O)C2=O. The van der Waals surface area contributed by atoms with E-state index in [-0.39, 0.29) is 60.1 Å². The van der Waals surface area contributed by atoms with Crippen LogP contribution in [0.3, 0.4) is 0 Å². The molecule has 308 valence electrons. The minimum Gasteiger partial charge on any atom is -0.384 e. The fourth-order valence-corrected chi connectivity index (χ4v) is 9.23. The molecule has 0 saturated carbocycles. The summed E-state index contributed by atoms with van der Waals surface area (Å²) in [6.45, 7) is 4.84. The van der Waals surface area contributed by atoms with E-state index in [1.54, 1.807) is 30.3 Å². The van der Waals surface area contributed by atoms with Crippen molar-refractivity contribution in [1.82, 2.24) is 25.4 Å². The van der Waals surface area contributed by atoms with Gasteiger partial charge in [0, 0.05) is 75.3 Å². The molecular formula is C45H46FN9O5. The molecule has 15 heteroatoms. The maximum atomic E-state index is 14.1. The number of nitrogens with one attached hydrogen (secondary N) is 3. The highest BCUT2D eigenvalue weighted by atomic mass is 19.1. The van der Waals surface area contributed by atoms with E-state index in [0.29, 0.717) is 51.4 Å². The number of Topliss-reactive ketones (excluding diaryl/α,β-unsaturated/α-hetero) is 2. The number of halogens is 1. The van der Waals surface area contributed by atoms with Crippen molar-refractivity contribution in [1.29, 1.82) is 0 Å². The van der Waals surface area contributed by atoms with Crippen molar-refractivity contribution in [2.75, 3.05) is 62.6 Å². The molecule has 0 bridgehead atoms. The number of aliphatic imine (C=N–C) groups is 2. The Bertz CT molecular complexity index is 2380. The number of amidine groups is 1. The van der Waals surface area contributed by atoms with Gasteiger partial charge in [-0.05, 0) is 73.7 Å². The summed E-state index contributed by atoms with van der Waals surface area (Å²) in [6.07, 6.45) is 8.70. The Morgan fingerprint density at radius 1 is 0.900 bits per heavy atom. The number of hydrogen-bond acceptors (Lipinski definition) is 12. The fourth-order valence-electron chi connectivity index (χ4n) is 9.23. The van der Waals surface area contributed by atoms with Crippen LogP contribution >= 0.6 is 0 Å². The van der Waals surface area contributed by atoms with Crippen molar-refractivity contribution in [2.24, 2.45) is 21.8 Å². The van der Waals surface area contributed by atoms with Gasteiger partial charge in [-0.15, -0.1) is 0 Å². The number of anilines is 2. The maximum absolute atomic E-state index is 14.1. The average Bonchev–Trinajstić information content (AvgIpc) is 3.98. The molecule has 4 unspecified atom stereocenters. The number of nitrogens with zero attached hydrogens (tertiary/aromatic N) is 6. The second-order valence-electron chi connectivity index (χ2n) is 16.0. The second kappa shape index (κ2) is 16.7. The predicted molar refractivity (Wildman–Crippen MR) is 224 cm³/mol. The highest BCUT2D eigenvalue weighted by molar-refractivity contribution is 6.30. The Kier molecular flexibility index (Phi) is 10.9. The number of carbonyl (C=O) groups is 5. The van der Waals surface area contributed by atoms with Crippen LogP contribution < -0.4 is 20.9 Å². The van der Waals surface area contributed by atoms with E-state index in [1.807, 2.05) is 42.6 Å². The van der Waals surface area contributed by atoms with Gasteiger partial charge < -0.3 is 20.4 Å². The van der Waals surface area contributed by atoms with Crippen LogP contribution in [-0.2, 0) is 14.4 Å². The second-order valence-corrected chi connectivity index (χ2v) is 16.0. The number of amides is 3. The lowest BCUT2D eigenvalue weighted by Gasteiger charge is -2.35. The zero-order valence-corrected chi connectivity index (χ0v) is 33.1. The molecule has 6 heterocycles. The molecule has 14 nitrogen and oxygen atoms in total. The molecule has 3 aromatic rings. The van der Waals surface area contributed by atoms with Gasteiger partial charge in [0.25, 0.3) is 0 Å². The first-order chi connectivity index (χ1) is 29.2. The number of piperazine rings is 1. The van der Waals surface area contributed by atoms with E-state index >= 15 is 0 Å². The number of likely N-dealkylation sites (tertiary alicyclic amines) is 1. The Labute approximate surface area is 346 Å². The van der Waals surface area contributed by atoms with Crippen molar-refractivity contribution in [3.63, 3.8) is 0 Å². The molecule has 5 aliphatic heterocycles. The molecule has 9 rings (SSSR count). The standard InChI is InChI=1S/C45H46FN9O5/c46-28-7-1-6-27(24-28)35-11-4-19-55(35)37-15-14-34-42(51-37)31(25-49-34)32-9-3-12-36(50-32)54-22-20-53(21-23-54)26-39(57)48-18-5-17-47-33-10-2-8-29-40(33)44(59)41(43(29)58)30-13-16-38(56)52-45(30)60/h1-3,6-10,12,14-15,24-25,30,35,41-42,47H,4-5,11,13,16-23,26H2,(H,48,57)(H,52,56,60). The van der Waals surface area contributed by atoms with Gasteiger partial charge in [-0.2, -0.15) is 0 Å². The van der Waals surface area contributed by atoms with Crippen molar-refractivity contribution in [2.45, 2.75) is 44.2 Å². The maximum Gasteiger partial charge on any atom is 0.234 e. The first-order valence-corrected chi connectivity index (χ1v) is 20.8.